The lowest BCUT2D eigenvalue weighted by Crippen LogP contribution is -2.49. The zero-order valence-corrected chi connectivity index (χ0v) is 22.5. The molecular formula is C26H28ClFN2O4S2. The number of sulfonamides is 1. The number of fused-ring (bicyclic) bond motifs is 1. The van der Waals surface area contributed by atoms with E-state index in [9.17, 15) is 17.6 Å². The fraction of sp³-hybridized carbons (Fsp3) is 0.346. The van der Waals surface area contributed by atoms with Crippen LogP contribution in [0.3, 0.4) is 0 Å². The molecule has 36 heavy (non-hydrogen) atoms. The standard InChI is InChI=1S/C26H28ClFN2O4S2/c1-3-18(2)30(36(32,33)20-10-8-19(27)9-11-20)16-26(31)29-14-12-25-21(13-15-35-25)23(29)17-34-24-7-5-4-6-22(24)28/h4-11,13,15,18,23H,3,12,14,16-17H2,1-2H3/t18-,23-/m0/s1. The number of carbonyl (C=O) groups is 1. The monoisotopic (exact) mass is 550 g/mol. The fourth-order valence-electron chi connectivity index (χ4n) is 4.25. The van der Waals surface area contributed by atoms with Gasteiger partial charge in [-0.1, -0.05) is 30.7 Å². The maximum atomic E-state index is 14.2. The van der Waals surface area contributed by atoms with E-state index in [0.29, 0.717) is 24.4 Å². The normalized spacial score (nSPS) is 16.6. The molecule has 0 aliphatic carbocycles. The molecule has 4 rings (SSSR count). The van der Waals surface area contributed by atoms with E-state index in [4.69, 9.17) is 16.3 Å². The van der Waals surface area contributed by atoms with Crippen molar-refractivity contribution in [3.8, 4) is 5.75 Å². The predicted molar refractivity (Wildman–Crippen MR) is 139 cm³/mol. The molecule has 6 nitrogen and oxygen atoms in total. The molecule has 1 amide bonds. The summed E-state index contributed by atoms with van der Waals surface area (Å²) in [6, 6.07) is 13.2. The molecule has 0 unspecified atom stereocenters. The number of ether oxygens (including phenoxy) is 1. The molecule has 192 valence electrons. The first-order chi connectivity index (χ1) is 17.2. The van der Waals surface area contributed by atoms with Gasteiger partial charge in [0.25, 0.3) is 0 Å². The van der Waals surface area contributed by atoms with Crippen LogP contribution >= 0.6 is 22.9 Å². The number of para-hydroxylation sites is 1. The van der Waals surface area contributed by atoms with Crippen LogP contribution in [0.15, 0.2) is 64.9 Å². The Hall–Kier alpha value is -2.46. The Morgan fingerprint density at radius 2 is 1.94 bits per heavy atom. The number of rotatable bonds is 9. The third-order valence-electron chi connectivity index (χ3n) is 6.44. The molecule has 2 heterocycles. The van der Waals surface area contributed by atoms with Crippen LogP contribution in [0.2, 0.25) is 5.02 Å². The highest BCUT2D eigenvalue weighted by Gasteiger charge is 2.36. The van der Waals surface area contributed by atoms with Gasteiger partial charge in [0.15, 0.2) is 11.6 Å². The number of nitrogens with zero attached hydrogens (tertiary/aromatic N) is 2. The first-order valence-electron chi connectivity index (χ1n) is 11.7. The van der Waals surface area contributed by atoms with Gasteiger partial charge >= 0.3 is 0 Å². The summed E-state index contributed by atoms with van der Waals surface area (Å²) < 4.78 is 48.2. The average Bonchev–Trinajstić information content (AvgIpc) is 3.35. The quantitative estimate of drug-likeness (QED) is 0.351. The minimum atomic E-state index is -3.94. The molecule has 1 aliphatic rings. The third-order valence-corrected chi connectivity index (χ3v) is 9.67. The molecule has 1 aromatic heterocycles. The third kappa shape index (κ3) is 5.59. The van der Waals surface area contributed by atoms with Crippen molar-refractivity contribution in [3.05, 3.63) is 81.3 Å². The van der Waals surface area contributed by atoms with E-state index >= 15 is 0 Å². The number of amides is 1. The van der Waals surface area contributed by atoms with Crippen LogP contribution in [-0.4, -0.2) is 49.3 Å². The topological polar surface area (TPSA) is 66.9 Å². The molecule has 10 heteroatoms. The van der Waals surface area contributed by atoms with E-state index < -0.39 is 27.9 Å². The largest absolute Gasteiger partial charge is 0.488 e. The van der Waals surface area contributed by atoms with Crippen molar-refractivity contribution in [1.82, 2.24) is 9.21 Å². The summed E-state index contributed by atoms with van der Waals surface area (Å²) in [5.41, 5.74) is 0.951. The van der Waals surface area contributed by atoms with Gasteiger partial charge in [-0.3, -0.25) is 4.79 Å². The van der Waals surface area contributed by atoms with Crippen molar-refractivity contribution in [1.29, 1.82) is 0 Å². The number of hydrogen-bond donors (Lipinski definition) is 0. The fourth-order valence-corrected chi connectivity index (χ4v) is 6.96. The van der Waals surface area contributed by atoms with Gasteiger partial charge in [0, 0.05) is 22.5 Å². The van der Waals surface area contributed by atoms with E-state index in [1.165, 1.54) is 34.6 Å². The Bertz CT molecular complexity index is 1310. The van der Waals surface area contributed by atoms with E-state index in [1.54, 1.807) is 41.4 Å². The molecule has 0 bridgehead atoms. The number of carbonyl (C=O) groups excluding carboxylic acids is 1. The van der Waals surface area contributed by atoms with Gasteiger partial charge in [-0.05, 0) is 73.2 Å². The second-order valence-electron chi connectivity index (χ2n) is 8.65. The minimum Gasteiger partial charge on any atom is -0.488 e. The lowest BCUT2D eigenvalue weighted by atomic mass is 10.0. The van der Waals surface area contributed by atoms with Crippen LogP contribution in [0.1, 0.15) is 36.8 Å². The number of benzene rings is 2. The molecule has 0 spiro atoms. The zero-order valence-electron chi connectivity index (χ0n) is 20.1. The summed E-state index contributed by atoms with van der Waals surface area (Å²) in [4.78, 5) is 16.5. The summed E-state index contributed by atoms with van der Waals surface area (Å²) in [5.74, 6) is -0.695. The lowest BCUT2D eigenvalue weighted by Gasteiger charge is -2.37. The van der Waals surface area contributed by atoms with Crippen molar-refractivity contribution in [3.63, 3.8) is 0 Å². The first-order valence-corrected chi connectivity index (χ1v) is 14.4. The molecule has 3 aromatic rings. The van der Waals surface area contributed by atoms with E-state index in [0.717, 1.165) is 10.4 Å². The van der Waals surface area contributed by atoms with Gasteiger partial charge in [-0.25, -0.2) is 12.8 Å². The van der Waals surface area contributed by atoms with E-state index in [1.807, 2.05) is 18.4 Å². The number of thiophene rings is 1. The van der Waals surface area contributed by atoms with Gasteiger partial charge in [-0.15, -0.1) is 11.3 Å². The second-order valence-corrected chi connectivity index (χ2v) is 12.0. The second kappa shape index (κ2) is 11.3. The highest BCUT2D eigenvalue weighted by Crippen LogP contribution is 2.34. The molecule has 0 saturated heterocycles. The maximum absolute atomic E-state index is 14.2. The maximum Gasteiger partial charge on any atom is 0.243 e. The van der Waals surface area contributed by atoms with Crippen molar-refractivity contribution < 1.29 is 22.3 Å². The summed E-state index contributed by atoms with van der Waals surface area (Å²) in [5, 5.41) is 2.39. The van der Waals surface area contributed by atoms with Crippen molar-refractivity contribution in [2.24, 2.45) is 0 Å². The Balaban J connectivity index is 1.59. The van der Waals surface area contributed by atoms with Crippen LogP contribution < -0.4 is 4.74 Å². The summed E-state index contributed by atoms with van der Waals surface area (Å²) >= 11 is 7.55. The van der Waals surface area contributed by atoms with Crippen molar-refractivity contribution in [2.45, 2.75) is 43.7 Å². The van der Waals surface area contributed by atoms with Gasteiger partial charge in [0.1, 0.15) is 6.61 Å². The first kappa shape index (κ1) is 26.6. The molecule has 0 saturated carbocycles. The van der Waals surface area contributed by atoms with Crippen LogP contribution in [0.4, 0.5) is 4.39 Å². The Labute approximate surface area is 220 Å². The van der Waals surface area contributed by atoms with Gasteiger partial charge in [0.05, 0.1) is 17.5 Å². The number of halogens is 2. The SMILES string of the molecule is CC[C@H](C)N(CC(=O)N1CCc2sccc2[C@@H]1COc1ccccc1F)S(=O)(=O)c1ccc(Cl)cc1. The Morgan fingerprint density at radius 1 is 1.22 bits per heavy atom. The van der Waals surface area contributed by atoms with Gasteiger partial charge in [0.2, 0.25) is 15.9 Å². The molecule has 0 fully saturated rings. The highest BCUT2D eigenvalue weighted by atomic mass is 35.5. The molecule has 0 N–H and O–H groups in total. The average molecular weight is 551 g/mol. The van der Waals surface area contributed by atoms with Crippen LogP contribution in [0, 0.1) is 5.82 Å². The predicted octanol–water partition coefficient (Wildman–Crippen LogP) is 5.53. The molecule has 2 atom stereocenters. The van der Waals surface area contributed by atoms with Crippen LogP contribution in [0.5, 0.6) is 5.75 Å². The Morgan fingerprint density at radius 3 is 2.64 bits per heavy atom. The van der Waals surface area contributed by atoms with Crippen LogP contribution in [0.25, 0.3) is 0 Å². The lowest BCUT2D eigenvalue weighted by molar-refractivity contribution is -0.135. The smallest absolute Gasteiger partial charge is 0.243 e. The number of hydrogen-bond acceptors (Lipinski definition) is 5. The van der Waals surface area contributed by atoms with E-state index in [-0.39, 0.29) is 29.7 Å². The van der Waals surface area contributed by atoms with Crippen molar-refractivity contribution >= 4 is 38.9 Å². The van der Waals surface area contributed by atoms with Crippen molar-refractivity contribution in [2.75, 3.05) is 19.7 Å². The zero-order chi connectivity index (χ0) is 25.9. The highest BCUT2D eigenvalue weighted by molar-refractivity contribution is 7.89. The minimum absolute atomic E-state index is 0.0592. The molecule has 2 aromatic carbocycles. The molecule has 0 radical (unpaired) electrons. The molecule has 1 aliphatic heterocycles. The summed E-state index contributed by atoms with van der Waals surface area (Å²) in [6.45, 7) is 3.84. The molecular weight excluding hydrogens is 523 g/mol. The van der Waals surface area contributed by atoms with Gasteiger partial charge < -0.3 is 9.64 Å². The van der Waals surface area contributed by atoms with Gasteiger partial charge in [-0.2, -0.15) is 4.31 Å². The van der Waals surface area contributed by atoms with E-state index in [2.05, 4.69) is 0 Å². The summed E-state index contributed by atoms with van der Waals surface area (Å²) in [7, 11) is -3.94. The Kier molecular flexibility index (Phi) is 8.34. The van der Waals surface area contributed by atoms with Crippen LogP contribution in [-0.2, 0) is 21.2 Å². The summed E-state index contributed by atoms with van der Waals surface area (Å²) in [6.07, 6.45) is 1.21.